The minimum absolute atomic E-state index is 0.139. The molecule has 2 nitrogen and oxygen atoms in total. The number of hydrogen-bond acceptors (Lipinski definition) is 2. The molecule has 0 amide bonds. The smallest absolute Gasteiger partial charge is 0.154 e. The Balaban J connectivity index is 0. The predicted molar refractivity (Wildman–Crippen MR) is 29.4 cm³/mol. The summed E-state index contributed by atoms with van der Waals surface area (Å²) in [5.74, 6) is 6.92. The molecule has 0 bridgehead atoms. The standard InChI is InChI=1S/3CH3.Al.HNO/c;;;;1-2/h3*1H3;;1H. The molecule has 1 N–H and O–H groups in total. The van der Waals surface area contributed by atoms with Crippen LogP contribution in [-0.4, -0.2) is 14.1 Å². The van der Waals surface area contributed by atoms with Gasteiger partial charge in [0.1, 0.15) is 0 Å². The topological polar surface area (TPSA) is 40.9 Å². The highest BCUT2D eigenvalue weighted by atomic mass is 27.2. The molecule has 36 valence electrons. The van der Waals surface area contributed by atoms with Crippen molar-refractivity contribution in [2.24, 2.45) is 0 Å². The van der Waals surface area contributed by atoms with Crippen LogP contribution in [0.1, 0.15) is 0 Å². The van der Waals surface area contributed by atoms with Crippen molar-refractivity contribution < 1.29 is 0 Å². The van der Waals surface area contributed by atoms with Crippen LogP contribution in [-0.2, 0) is 0 Å². The molecule has 0 rings (SSSR count). The van der Waals surface area contributed by atoms with Gasteiger partial charge in [-0.15, -0.1) is 17.4 Å². The van der Waals surface area contributed by atoms with E-state index in [9.17, 15) is 0 Å². The second-order valence-corrected chi connectivity index (χ2v) is 5.20. The van der Waals surface area contributed by atoms with Crippen molar-refractivity contribution in [3.05, 3.63) is 4.91 Å². The van der Waals surface area contributed by atoms with Gasteiger partial charge in [0.05, 0.1) is 0 Å². The van der Waals surface area contributed by atoms with E-state index in [-0.39, 0.29) is 14.1 Å². The molecule has 0 aromatic rings. The van der Waals surface area contributed by atoms with E-state index in [1.54, 1.807) is 0 Å². The fourth-order valence-corrected chi connectivity index (χ4v) is 0. The van der Waals surface area contributed by atoms with Crippen molar-refractivity contribution >= 4 is 14.1 Å². The van der Waals surface area contributed by atoms with Gasteiger partial charge < -0.3 is 0 Å². The zero-order valence-electron chi connectivity index (χ0n) is 4.49. The van der Waals surface area contributed by atoms with E-state index in [1.807, 2.05) is 0 Å². The third-order valence-electron chi connectivity index (χ3n) is 0. The van der Waals surface area contributed by atoms with Crippen LogP contribution in [0.2, 0.25) is 17.4 Å². The zero-order chi connectivity index (χ0) is 5.58. The highest BCUT2D eigenvalue weighted by Crippen LogP contribution is 1.68. The average Bonchev–Trinajstić information content (AvgIpc) is 1.41. The van der Waals surface area contributed by atoms with Gasteiger partial charge in [-0.25, -0.2) is 0 Å². The second kappa shape index (κ2) is 8.93. The Morgan fingerprint density at radius 2 is 1.17 bits per heavy atom. The molecule has 0 aliphatic heterocycles. The van der Waals surface area contributed by atoms with Gasteiger partial charge in [0.15, 0.2) is 0 Å². The minimum atomic E-state index is -0.139. The fraction of sp³-hybridized carbons (Fsp3) is 1.00. The van der Waals surface area contributed by atoms with E-state index in [2.05, 4.69) is 23.0 Å². The van der Waals surface area contributed by atoms with Gasteiger partial charge in [0, 0.05) is 0 Å². The average molecular weight is 103 g/mol. The molecule has 0 unspecified atom stereocenters. The molecule has 0 aliphatic carbocycles. The molecule has 0 aromatic carbocycles. The molecule has 0 aliphatic rings. The third-order valence-corrected chi connectivity index (χ3v) is 0. The van der Waals surface area contributed by atoms with Gasteiger partial charge in [-0.05, 0) is 0 Å². The summed E-state index contributed by atoms with van der Waals surface area (Å²) in [6.07, 6.45) is 0. The Kier molecular flexibility index (Phi) is 14.1. The first-order valence-corrected chi connectivity index (χ1v) is 5.40. The van der Waals surface area contributed by atoms with E-state index in [1.165, 1.54) is 0 Å². The van der Waals surface area contributed by atoms with Crippen LogP contribution in [0.5, 0.6) is 0 Å². The van der Waals surface area contributed by atoms with Crippen molar-refractivity contribution in [3.63, 3.8) is 0 Å². The SMILES string of the molecule is N=O.[CH3][Al]([CH3])[CH3]. The maximum atomic E-state index is 7.50. The Bertz CT molecular complexity index is 22.0. The third kappa shape index (κ3) is 2310. The van der Waals surface area contributed by atoms with Crippen molar-refractivity contribution in [1.82, 2.24) is 0 Å². The fourth-order valence-electron chi connectivity index (χ4n) is 0. The van der Waals surface area contributed by atoms with E-state index in [0.29, 0.717) is 0 Å². The molecule has 0 spiro atoms. The van der Waals surface area contributed by atoms with Crippen LogP contribution in [0.4, 0.5) is 0 Å². The first-order valence-electron chi connectivity index (χ1n) is 1.94. The normalized spacial score (nSPS) is 5.17. The first-order chi connectivity index (χ1) is 2.73. The molecule has 0 saturated heterocycles. The van der Waals surface area contributed by atoms with Crippen LogP contribution < -0.4 is 0 Å². The molecule has 0 saturated carbocycles. The molecular formula is C3H10AlNO. The van der Waals surface area contributed by atoms with Crippen LogP contribution in [0.15, 0.2) is 0 Å². The number of nitrogens with one attached hydrogen (secondary N) is 1. The molecular weight excluding hydrogens is 93.0 g/mol. The molecule has 0 aromatic heterocycles. The van der Waals surface area contributed by atoms with Gasteiger partial charge in [-0.3, -0.25) is 0 Å². The van der Waals surface area contributed by atoms with Gasteiger partial charge in [-0.2, -0.15) is 4.91 Å². The van der Waals surface area contributed by atoms with Crippen LogP contribution in [0, 0.1) is 10.5 Å². The lowest BCUT2D eigenvalue weighted by atomic mass is 11.8. The van der Waals surface area contributed by atoms with Gasteiger partial charge in [0.2, 0.25) is 0 Å². The van der Waals surface area contributed by atoms with Crippen molar-refractivity contribution in [3.8, 4) is 0 Å². The summed E-state index contributed by atoms with van der Waals surface area (Å²) in [5, 5.41) is 0. The highest BCUT2D eigenvalue weighted by molar-refractivity contribution is 6.54. The highest BCUT2D eigenvalue weighted by Gasteiger charge is 1.81. The van der Waals surface area contributed by atoms with Crippen molar-refractivity contribution in [2.75, 3.05) is 0 Å². The van der Waals surface area contributed by atoms with E-state index in [0.717, 1.165) is 0 Å². The minimum Gasteiger partial charge on any atom is -0.154 e. The molecule has 3 heteroatoms. The summed E-state index contributed by atoms with van der Waals surface area (Å²) in [7, 11) is 0. The van der Waals surface area contributed by atoms with Crippen LogP contribution >= 0.6 is 0 Å². The summed E-state index contributed by atoms with van der Waals surface area (Å²) >= 11 is -0.139. The van der Waals surface area contributed by atoms with Gasteiger partial charge in [-0.1, -0.05) is 5.59 Å². The van der Waals surface area contributed by atoms with Gasteiger partial charge >= 0.3 is 0 Å². The largest absolute Gasteiger partial charge is 0.251 e. The van der Waals surface area contributed by atoms with E-state index < -0.39 is 0 Å². The number of nitroso groups, excluding NO2 is 1. The Morgan fingerprint density at radius 1 is 1.17 bits per heavy atom. The summed E-state index contributed by atoms with van der Waals surface area (Å²) in [5.41, 5.74) is 4.50. The zero-order valence-corrected chi connectivity index (χ0v) is 5.64. The Labute approximate surface area is 42.7 Å². The molecule has 0 fully saturated rings. The van der Waals surface area contributed by atoms with E-state index >= 15 is 0 Å². The summed E-state index contributed by atoms with van der Waals surface area (Å²) in [4.78, 5) is 7.50. The molecule has 0 atom stereocenters. The molecule has 0 heterocycles. The Hall–Kier alpha value is 0.132. The van der Waals surface area contributed by atoms with Crippen molar-refractivity contribution in [2.45, 2.75) is 17.4 Å². The maximum absolute atomic E-state index is 7.50. The summed E-state index contributed by atoms with van der Waals surface area (Å²) < 4.78 is 0. The number of rotatable bonds is 0. The summed E-state index contributed by atoms with van der Waals surface area (Å²) in [6, 6.07) is 0. The quantitative estimate of drug-likeness (QED) is 0.368. The lowest BCUT2D eigenvalue weighted by Crippen LogP contribution is -1.84. The first kappa shape index (κ1) is 9.46. The van der Waals surface area contributed by atoms with Crippen LogP contribution in [0.3, 0.4) is 0 Å². The Morgan fingerprint density at radius 3 is 1.17 bits per heavy atom. The lowest BCUT2D eigenvalue weighted by molar-refractivity contribution is 1.49. The summed E-state index contributed by atoms with van der Waals surface area (Å²) in [6.45, 7) is 0. The van der Waals surface area contributed by atoms with Crippen molar-refractivity contribution in [1.29, 1.82) is 5.59 Å². The monoisotopic (exact) mass is 103 g/mol. The van der Waals surface area contributed by atoms with Gasteiger partial charge in [0.25, 0.3) is 14.1 Å². The molecule has 6 heavy (non-hydrogen) atoms. The van der Waals surface area contributed by atoms with E-state index in [4.69, 9.17) is 4.91 Å². The lowest BCUT2D eigenvalue weighted by Gasteiger charge is -1.67. The molecule has 0 radical (unpaired) electrons. The maximum Gasteiger partial charge on any atom is 0.251 e. The van der Waals surface area contributed by atoms with Crippen LogP contribution in [0.25, 0.3) is 0 Å². The number of hydrogen-bond donors (Lipinski definition) is 1. The predicted octanol–water partition coefficient (Wildman–Crippen LogP) is 1.70. The second-order valence-electron chi connectivity index (χ2n) is 1.73.